The smallest absolute Gasteiger partial charge is 0.359 e. The fraction of sp³-hybridized carbons (Fsp3) is 0.625. The van der Waals surface area contributed by atoms with Gasteiger partial charge >= 0.3 is 5.97 Å². The molecular formula is C16H21BrN2O2S. The van der Waals surface area contributed by atoms with Crippen molar-refractivity contribution in [1.29, 1.82) is 0 Å². The lowest BCUT2D eigenvalue weighted by Crippen LogP contribution is -2.34. The first-order valence-corrected chi connectivity index (χ1v) is 9.14. The summed E-state index contributed by atoms with van der Waals surface area (Å²) in [5.41, 5.74) is 2.01. The molecule has 120 valence electrons. The first-order chi connectivity index (χ1) is 10.2. The molecule has 0 fully saturated rings. The van der Waals surface area contributed by atoms with E-state index in [9.17, 15) is 4.79 Å². The highest BCUT2D eigenvalue weighted by Crippen LogP contribution is 2.49. The first-order valence-electron chi connectivity index (χ1n) is 7.53. The van der Waals surface area contributed by atoms with Crippen molar-refractivity contribution in [1.82, 2.24) is 9.38 Å². The van der Waals surface area contributed by atoms with Crippen LogP contribution < -0.4 is 0 Å². The van der Waals surface area contributed by atoms with Gasteiger partial charge in [-0.2, -0.15) is 0 Å². The van der Waals surface area contributed by atoms with Crippen LogP contribution in [-0.4, -0.2) is 22.0 Å². The molecule has 1 aliphatic carbocycles. The Morgan fingerprint density at radius 2 is 2.09 bits per heavy atom. The molecule has 0 amide bonds. The van der Waals surface area contributed by atoms with Gasteiger partial charge in [-0.25, -0.2) is 9.78 Å². The summed E-state index contributed by atoms with van der Waals surface area (Å²) in [6.45, 7) is 11.4. The second kappa shape index (κ2) is 5.06. The number of halogens is 1. The van der Waals surface area contributed by atoms with Gasteiger partial charge in [-0.15, -0.1) is 11.3 Å². The molecule has 0 bridgehead atoms. The largest absolute Gasteiger partial charge is 0.461 e. The Kier molecular flexibility index (Phi) is 3.68. The highest BCUT2D eigenvalue weighted by atomic mass is 79.9. The molecule has 0 spiro atoms. The zero-order chi connectivity index (χ0) is 16.3. The van der Waals surface area contributed by atoms with Gasteiger partial charge in [0.05, 0.1) is 6.61 Å². The Labute approximate surface area is 143 Å². The summed E-state index contributed by atoms with van der Waals surface area (Å²) < 4.78 is 7.90. The van der Waals surface area contributed by atoms with Crippen molar-refractivity contribution < 1.29 is 9.53 Å². The Hall–Kier alpha value is -0.880. The maximum atomic E-state index is 12.0. The number of nitrogens with zero attached hydrogens (tertiary/aromatic N) is 2. The third-order valence-electron chi connectivity index (χ3n) is 4.17. The molecule has 0 N–H and O–H groups in total. The Balaban J connectivity index is 2.20. The van der Waals surface area contributed by atoms with Crippen LogP contribution in [0.3, 0.4) is 0 Å². The van der Waals surface area contributed by atoms with Crippen molar-refractivity contribution in [3.63, 3.8) is 0 Å². The summed E-state index contributed by atoms with van der Waals surface area (Å²) in [5.74, 6) is -0.367. The summed E-state index contributed by atoms with van der Waals surface area (Å²) >= 11 is 5.25. The van der Waals surface area contributed by atoms with Gasteiger partial charge in [0.25, 0.3) is 0 Å². The van der Waals surface area contributed by atoms with Crippen LogP contribution in [0.5, 0.6) is 0 Å². The molecule has 0 aliphatic heterocycles. The van der Waals surface area contributed by atoms with E-state index in [4.69, 9.17) is 4.74 Å². The molecule has 0 radical (unpaired) electrons. The van der Waals surface area contributed by atoms with E-state index in [-0.39, 0.29) is 16.8 Å². The van der Waals surface area contributed by atoms with Crippen LogP contribution in [0.1, 0.15) is 62.1 Å². The second-order valence-electron chi connectivity index (χ2n) is 7.37. The lowest BCUT2D eigenvalue weighted by molar-refractivity contribution is 0.0519. The number of ether oxygens (including phenoxy) is 1. The van der Waals surface area contributed by atoms with Crippen molar-refractivity contribution in [2.75, 3.05) is 6.61 Å². The van der Waals surface area contributed by atoms with Gasteiger partial charge in [0.15, 0.2) is 10.7 Å². The zero-order valence-corrected chi connectivity index (χ0v) is 16.0. The Bertz CT molecular complexity index is 758. The summed E-state index contributed by atoms with van der Waals surface area (Å²) in [7, 11) is 0. The van der Waals surface area contributed by atoms with E-state index in [0.717, 1.165) is 17.8 Å². The predicted octanol–water partition coefficient (Wildman–Crippen LogP) is 4.59. The molecule has 1 aliphatic rings. The minimum absolute atomic E-state index is 0.131. The molecule has 6 heteroatoms. The average Bonchev–Trinajstić information content (AvgIpc) is 2.86. The van der Waals surface area contributed by atoms with E-state index in [1.165, 1.54) is 10.6 Å². The molecule has 0 saturated heterocycles. The van der Waals surface area contributed by atoms with Crippen LogP contribution in [0.15, 0.2) is 4.60 Å². The quantitative estimate of drug-likeness (QED) is 0.711. The van der Waals surface area contributed by atoms with Gasteiger partial charge in [-0.3, -0.25) is 4.40 Å². The average molecular weight is 385 g/mol. The van der Waals surface area contributed by atoms with Crippen LogP contribution in [0.2, 0.25) is 0 Å². The molecule has 0 atom stereocenters. The summed E-state index contributed by atoms with van der Waals surface area (Å²) in [6.07, 6.45) is 2.14. The van der Waals surface area contributed by atoms with Crippen LogP contribution in [0, 0.1) is 5.41 Å². The van der Waals surface area contributed by atoms with Crippen molar-refractivity contribution in [2.24, 2.45) is 5.41 Å². The molecule has 0 saturated carbocycles. The lowest BCUT2D eigenvalue weighted by atomic mass is 9.67. The summed E-state index contributed by atoms with van der Waals surface area (Å²) in [4.78, 5) is 18.8. The minimum Gasteiger partial charge on any atom is -0.461 e. The molecule has 22 heavy (non-hydrogen) atoms. The fourth-order valence-corrected chi connectivity index (χ4v) is 5.74. The van der Waals surface area contributed by atoms with Crippen LogP contribution in [-0.2, 0) is 16.6 Å². The van der Waals surface area contributed by atoms with Crippen molar-refractivity contribution >= 4 is 38.2 Å². The number of carbonyl (C=O) groups is 1. The zero-order valence-electron chi connectivity index (χ0n) is 13.6. The van der Waals surface area contributed by atoms with Crippen LogP contribution in [0.25, 0.3) is 4.96 Å². The number of imidazole rings is 1. The number of rotatable bonds is 2. The first kappa shape index (κ1) is 16.0. The number of esters is 1. The molecule has 0 unspecified atom stereocenters. The fourth-order valence-electron chi connectivity index (χ4n) is 3.75. The number of hydrogen-bond acceptors (Lipinski definition) is 4. The predicted molar refractivity (Wildman–Crippen MR) is 91.9 cm³/mol. The van der Waals surface area contributed by atoms with Crippen LogP contribution >= 0.6 is 27.3 Å². The van der Waals surface area contributed by atoms with E-state index in [1.54, 1.807) is 18.3 Å². The van der Waals surface area contributed by atoms with Gasteiger partial charge in [-0.05, 0) is 41.1 Å². The molecule has 0 aromatic carbocycles. The van der Waals surface area contributed by atoms with E-state index in [2.05, 4.69) is 53.0 Å². The standard InChI is InChI=1S/C16H21BrN2O2S/c1-6-21-13(20)10-12(17)19-9-7-15(2,3)8-16(4,5)11(9)22-14(19)18-10/h6-8H2,1-5H3. The molecule has 2 heterocycles. The summed E-state index contributed by atoms with van der Waals surface area (Å²) in [5, 5.41) is 0. The molecule has 2 aromatic rings. The molecule has 2 aromatic heterocycles. The van der Waals surface area contributed by atoms with Crippen LogP contribution in [0.4, 0.5) is 0 Å². The van der Waals surface area contributed by atoms with Gasteiger partial charge < -0.3 is 4.74 Å². The highest BCUT2D eigenvalue weighted by molar-refractivity contribution is 9.10. The minimum atomic E-state index is -0.367. The lowest BCUT2D eigenvalue weighted by Gasteiger charge is -2.40. The topological polar surface area (TPSA) is 43.6 Å². The normalized spacial score (nSPS) is 19.2. The summed E-state index contributed by atoms with van der Waals surface area (Å²) in [6, 6.07) is 0. The number of thiazole rings is 1. The van der Waals surface area contributed by atoms with Gasteiger partial charge in [0.1, 0.15) is 4.60 Å². The van der Waals surface area contributed by atoms with E-state index in [1.807, 2.05) is 0 Å². The number of fused-ring (bicyclic) bond motifs is 3. The maximum absolute atomic E-state index is 12.0. The van der Waals surface area contributed by atoms with Crippen molar-refractivity contribution in [2.45, 2.75) is 52.9 Å². The molecular weight excluding hydrogens is 364 g/mol. The third-order valence-corrected chi connectivity index (χ3v) is 6.34. The third kappa shape index (κ3) is 2.40. The Morgan fingerprint density at radius 3 is 2.73 bits per heavy atom. The van der Waals surface area contributed by atoms with Gasteiger partial charge in [0.2, 0.25) is 0 Å². The molecule has 3 rings (SSSR count). The number of carbonyl (C=O) groups excluding carboxylic acids is 1. The number of aromatic nitrogens is 2. The van der Waals surface area contributed by atoms with Crippen molar-refractivity contribution in [3.8, 4) is 0 Å². The van der Waals surface area contributed by atoms with Gasteiger partial charge in [0, 0.05) is 16.0 Å². The second-order valence-corrected chi connectivity index (χ2v) is 9.10. The van der Waals surface area contributed by atoms with Crippen molar-refractivity contribution in [3.05, 3.63) is 20.9 Å². The SMILES string of the molecule is CCOC(=O)c1nc2sc3c(n2c1Br)CC(C)(C)CC3(C)C. The van der Waals surface area contributed by atoms with Gasteiger partial charge in [-0.1, -0.05) is 27.7 Å². The monoisotopic (exact) mass is 384 g/mol. The Morgan fingerprint density at radius 1 is 1.41 bits per heavy atom. The molecule has 4 nitrogen and oxygen atoms in total. The maximum Gasteiger partial charge on any atom is 0.359 e. The van der Waals surface area contributed by atoms with E-state index < -0.39 is 0 Å². The highest BCUT2D eigenvalue weighted by Gasteiger charge is 2.41. The van der Waals surface area contributed by atoms with E-state index in [0.29, 0.717) is 16.9 Å². The number of hydrogen-bond donors (Lipinski definition) is 0. The van der Waals surface area contributed by atoms with E-state index >= 15 is 0 Å².